The molecule has 12 heteroatoms. The molecule has 0 aliphatic heterocycles. The number of nitrogens with zero attached hydrogens (tertiary/aromatic N) is 3. The maximum Gasteiger partial charge on any atom is 0.416 e. The lowest BCUT2D eigenvalue weighted by Gasteiger charge is -2.13. The van der Waals surface area contributed by atoms with Gasteiger partial charge in [-0.05, 0) is 12.1 Å². The molecule has 0 spiro atoms. The van der Waals surface area contributed by atoms with Crippen molar-refractivity contribution in [2.75, 3.05) is 6.01 Å². The Morgan fingerprint density at radius 2 is 1.96 bits per heavy atom. The van der Waals surface area contributed by atoms with E-state index in [0.29, 0.717) is 6.07 Å². The van der Waals surface area contributed by atoms with Crippen LogP contribution in [-0.4, -0.2) is 15.8 Å². The molecule has 3 nitrogen and oxygen atoms in total. The predicted octanol–water partition coefficient (Wildman–Crippen LogP) is 5.51. The van der Waals surface area contributed by atoms with Crippen LogP contribution in [0.5, 0.6) is 0 Å². The summed E-state index contributed by atoms with van der Waals surface area (Å²) in [6, 6.07) is 0.665. The summed E-state index contributed by atoms with van der Waals surface area (Å²) in [5.41, 5.74) is -4.00. The summed E-state index contributed by atoms with van der Waals surface area (Å²) in [6.45, 7) is 0. The summed E-state index contributed by atoms with van der Waals surface area (Å²) in [7, 11) is 0. The number of rotatable bonds is 4. The quantitative estimate of drug-likeness (QED) is 0.499. The number of benzene rings is 1. The lowest BCUT2D eigenvalue weighted by Crippen LogP contribution is -2.10. The monoisotopic (exact) mass is 403 g/mol. The van der Waals surface area contributed by atoms with Crippen LogP contribution in [-0.2, 0) is 6.18 Å². The molecule has 0 unspecified atom stereocenters. The molecule has 0 fully saturated rings. The Morgan fingerprint density at radius 1 is 1.32 bits per heavy atom. The highest BCUT2D eigenvalue weighted by Crippen LogP contribution is 2.39. The normalized spacial score (nSPS) is 11.8. The Labute approximate surface area is 145 Å². The van der Waals surface area contributed by atoms with E-state index in [4.69, 9.17) is 16.9 Å². The number of aromatic nitrogens is 2. The minimum atomic E-state index is -4.91. The second kappa shape index (κ2) is 7.13. The summed E-state index contributed by atoms with van der Waals surface area (Å²) >= 11 is 5.84. The Morgan fingerprint density at radius 3 is 2.40 bits per heavy atom. The van der Waals surface area contributed by atoms with Gasteiger partial charge >= 0.3 is 6.18 Å². The van der Waals surface area contributed by atoms with Gasteiger partial charge in [0.1, 0.15) is 23.5 Å². The zero-order chi connectivity index (χ0) is 18.9. The van der Waals surface area contributed by atoms with Gasteiger partial charge in [-0.25, -0.2) is 22.2 Å². The van der Waals surface area contributed by atoms with Crippen molar-refractivity contribution >= 4 is 23.4 Å². The van der Waals surface area contributed by atoms with Crippen molar-refractivity contribution < 1.29 is 30.7 Å². The fraction of sp³-hybridized carbons (Fsp3) is 0.231. The van der Waals surface area contributed by atoms with Gasteiger partial charge in [0.25, 0.3) is 6.43 Å². The lowest BCUT2D eigenvalue weighted by molar-refractivity contribution is -0.137. The Hall–Kier alpha value is -1.93. The molecule has 2 rings (SSSR count). The van der Waals surface area contributed by atoms with Crippen molar-refractivity contribution in [3.63, 3.8) is 0 Å². The van der Waals surface area contributed by atoms with E-state index in [-0.39, 0.29) is 22.5 Å². The van der Waals surface area contributed by atoms with Gasteiger partial charge in [-0.15, -0.1) is 0 Å². The second-order valence-corrected chi connectivity index (χ2v) is 5.75. The van der Waals surface area contributed by atoms with Crippen molar-refractivity contribution in [2.24, 2.45) is 0 Å². The van der Waals surface area contributed by atoms with E-state index < -0.39 is 57.0 Å². The van der Waals surface area contributed by atoms with Crippen molar-refractivity contribution in [2.45, 2.75) is 17.5 Å². The zero-order valence-corrected chi connectivity index (χ0v) is 13.3. The van der Waals surface area contributed by atoms with Crippen LogP contribution in [0.1, 0.15) is 23.4 Å². The lowest BCUT2D eigenvalue weighted by atomic mass is 10.2. The number of hydrogen-bond donors (Lipinski definition) is 0. The SMILES string of the molecule is N#Cc1nn(-c2c(F)cc(C(F)(F)F)cc2Cl)c(C(F)F)c1SCF. The maximum absolute atomic E-state index is 14.1. The number of thioether (sulfide) groups is 1. The third kappa shape index (κ3) is 3.69. The summed E-state index contributed by atoms with van der Waals surface area (Å²) < 4.78 is 91.5. The molecule has 25 heavy (non-hydrogen) atoms. The highest BCUT2D eigenvalue weighted by atomic mass is 35.5. The van der Waals surface area contributed by atoms with Gasteiger partial charge in [0.05, 0.1) is 15.5 Å². The Bertz CT molecular complexity index is 818. The van der Waals surface area contributed by atoms with E-state index >= 15 is 0 Å². The largest absolute Gasteiger partial charge is 0.416 e. The van der Waals surface area contributed by atoms with E-state index in [0.717, 1.165) is 0 Å². The van der Waals surface area contributed by atoms with E-state index in [1.165, 1.54) is 6.07 Å². The first kappa shape index (κ1) is 19.4. The molecule has 0 aliphatic carbocycles. The van der Waals surface area contributed by atoms with Gasteiger partial charge in [0.2, 0.25) is 0 Å². The number of nitriles is 1. The first-order valence-electron chi connectivity index (χ1n) is 6.18. The fourth-order valence-electron chi connectivity index (χ4n) is 1.98. The molecule has 0 saturated heterocycles. The van der Waals surface area contributed by atoms with Crippen molar-refractivity contribution in [1.82, 2.24) is 9.78 Å². The topological polar surface area (TPSA) is 41.6 Å². The van der Waals surface area contributed by atoms with Gasteiger partial charge < -0.3 is 0 Å². The van der Waals surface area contributed by atoms with Gasteiger partial charge in [0.15, 0.2) is 11.5 Å². The molecular weight excluding hydrogens is 399 g/mol. The molecule has 0 amide bonds. The predicted molar refractivity (Wildman–Crippen MR) is 75.0 cm³/mol. The van der Waals surface area contributed by atoms with Gasteiger partial charge in [-0.1, -0.05) is 23.4 Å². The van der Waals surface area contributed by atoms with Crippen LogP contribution in [0, 0.1) is 17.1 Å². The molecule has 1 heterocycles. The average Bonchev–Trinajstić information content (AvgIpc) is 2.84. The average molecular weight is 404 g/mol. The van der Waals surface area contributed by atoms with E-state index in [2.05, 4.69) is 5.10 Å². The van der Waals surface area contributed by atoms with Crippen molar-refractivity contribution in [3.8, 4) is 11.8 Å². The summed E-state index contributed by atoms with van der Waals surface area (Å²) in [5, 5.41) is 11.5. The van der Waals surface area contributed by atoms with Crippen LogP contribution in [0.25, 0.3) is 5.69 Å². The van der Waals surface area contributed by atoms with Crippen LogP contribution >= 0.6 is 23.4 Å². The molecule has 2 aromatic rings. The minimum Gasteiger partial charge on any atom is -0.239 e. The molecule has 1 aromatic carbocycles. The minimum absolute atomic E-state index is 0.0617. The third-order valence-corrected chi connectivity index (χ3v) is 4.03. The standard InChI is InChI=1S/C13H5ClF7N3S/c14-6-1-5(13(19,20)21)2-7(16)9(6)24-10(12(17)18)11(25-4-15)8(3-22)23-24/h1-2,12H,4H2. The summed E-state index contributed by atoms with van der Waals surface area (Å²) in [6.07, 6.45) is -8.23. The molecule has 0 bridgehead atoms. The first-order chi connectivity index (χ1) is 11.6. The van der Waals surface area contributed by atoms with Crippen LogP contribution in [0.3, 0.4) is 0 Å². The molecule has 134 valence electrons. The molecule has 0 saturated carbocycles. The molecule has 0 aliphatic rings. The van der Waals surface area contributed by atoms with Crippen LogP contribution < -0.4 is 0 Å². The van der Waals surface area contributed by atoms with Crippen molar-refractivity contribution in [3.05, 3.63) is 39.9 Å². The van der Waals surface area contributed by atoms with Gasteiger partial charge in [-0.3, -0.25) is 0 Å². The first-order valence-corrected chi connectivity index (χ1v) is 7.54. The van der Waals surface area contributed by atoms with Crippen molar-refractivity contribution in [1.29, 1.82) is 5.26 Å². The van der Waals surface area contributed by atoms with E-state index in [9.17, 15) is 30.7 Å². The Balaban J connectivity index is 2.77. The molecule has 0 radical (unpaired) electrons. The van der Waals surface area contributed by atoms with Gasteiger partial charge in [0, 0.05) is 0 Å². The zero-order valence-electron chi connectivity index (χ0n) is 11.7. The van der Waals surface area contributed by atoms with Crippen LogP contribution in [0.4, 0.5) is 30.7 Å². The molecule has 0 atom stereocenters. The smallest absolute Gasteiger partial charge is 0.239 e. The van der Waals surface area contributed by atoms with E-state index in [1.54, 1.807) is 0 Å². The highest BCUT2D eigenvalue weighted by Gasteiger charge is 2.34. The number of alkyl halides is 6. The Kier molecular flexibility index (Phi) is 5.53. The summed E-state index contributed by atoms with van der Waals surface area (Å²) in [5.74, 6) is -1.58. The van der Waals surface area contributed by atoms with Crippen LogP contribution in [0.15, 0.2) is 17.0 Å². The summed E-state index contributed by atoms with van der Waals surface area (Å²) in [4.78, 5) is -0.546. The fourth-order valence-corrected chi connectivity index (χ4v) is 2.92. The second-order valence-electron chi connectivity index (χ2n) is 4.43. The number of halogens is 8. The van der Waals surface area contributed by atoms with Crippen LogP contribution in [0.2, 0.25) is 5.02 Å². The third-order valence-electron chi connectivity index (χ3n) is 2.94. The number of hydrogen-bond acceptors (Lipinski definition) is 3. The maximum atomic E-state index is 14.1. The molecule has 0 N–H and O–H groups in total. The molecule has 1 aromatic heterocycles. The van der Waals surface area contributed by atoms with E-state index in [1.807, 2.05) is 0 Å². The highest BCUT2D eigenvalue weighted by molar-refractivity contribution is 7.99. The van der Waals surface area contributed by atoms with Gasteiger partial charge in [-0.2, -0.15) is 23.5 Å². The molecular formula is C13H5ClF7N3S.